The van der Waals surface area contributed by atoms with Crippen molar-refractivity contribution in [1.82, 2.24) is 19.7 Å². The zero-order valence-corrected chi connectivity index (χ0v) is 20.6. The molecule has 37 heavy (non-hydrogen) atoms. The summed E-state index contributed by atoms with van der Waals surface area (Å²) < 4.78 is 13.9. The molecule has 3 heterocycles. The normalized spacial score (nSPS) is 16.6. The van der Waals surface area contributed by atoms with Gasteiger partial charge in [-0.15, -0.1) is 5.10 Å². The number of carbonyl (C=O) groups is 1. The van der Waals surface area contributed by atoms with E-state index in [1.165, 1.54) is 0 Å². The molecular weight excluding hydrogens is 466 g/mol. The summed E-state index contributed by atoms with van der Waals surface area (Å²) >= 11 is 0. The Morgan fingerprint density at radius 1 is 1.00 bits per heavy atom. The predicted octanol–water partition coefficient (Wildman–Crippen LogP) is 5.34. The van der Waals surface area contributed by atoms with Crippen LogP contribution in [-0.2, 0) is 11.4 Å². The van der Waals surface area contributed by atoms with Crippen molar-refractivity contribution in [2.75, 3.05) is 11.9 Å². The SMILES string of the molecule is CCOc1cc(C2C3=C(CCCC3=O)Nc3nc(-c4ccncc4)nn32)ccc1OCc1ccccc1. The van der Waals surface area contributed by atoms with Crippen LogP contribution >= 0.6 is 0 Å². The molecule has 1 aliphatic heterocycles. The standard InChI is InChI=1S/C29H27N5O3/c1-2-36-25-17-21(11-12-24(25)37-18-19-7-4-3-5-8-19)27-26-22(9-6-10-23(26)35)31-29-32-28(33-34(27)29)20-13-15-30-16-14-20/h3-5,7-8,11-17,27H,2,6,9-10,18H2,1H3,(H,31,32,33). The predicted molar refractivity (Wildman–Crippen MR) is 139 cm³/mol. The Morgan fingerprint density at radius 2 is 1.84 bits per heavy atom. The van der Waals surface area contributed by atoms with Gasteiger partial charge in [-0.2, -0.15) is 4.98 Å². The summed E-state index contributed by atoms with van der Waals surface area (Å²) in [4.78, 5) is 22.1. The number of carbonyl (C=O) groups excluding carboxylic acids is 1. The zero-order valence-electron chi connectivity index (χ0n) is 20.6. The van der Waals surface area contributed by atoms with Gasteiger partial charge in [0.1, 0.15) is 12.6 Å². The van der Waals surface area contributed by atoms with Gasteiger partial charge in [-0.1, -0.05) is 36.4 Å². The second-order valence-corrected chi connectivity index (χ2v) is 9.05. The van der Waals surface area contributed by atoms with Crippen molar-refractivity contribution in [1.29, 1.82) is 0 Å². The number of aromatic nitrogens is 4. The van der Waals surface area contributed by atoms with Gasteiger partial charge >= 0.3 is 0 Å². The minimum absolute atomic E-state index is 0.132. The molecular formula is C29H27N5O3. The number of ketones is 1. The van der Waals surface area contributed by atoms with Gasteiger partial charge in [-0.3, -0.25) is 9.78 Å². The molecule has 0 spiro atoms. The molecule has 0 saturated carbocycles. The van der Waals surface area contributed by atoms with Crippen LogP contribution in [0, 0.1) is 0 Å². The lowest BCUT2D eigenvalue weighted by molar-refractivity contribution is -0.116. The van der Waals surface area contributed by atoms with Crippen molar-refractivity contribution in [2.24, 2.45) is 0 Å². The van der Waals surface area contributed by atoms with E-state index in [1.54, 1.807) is 12.4 Å². The van der Waals surface area contributed by atoms with Crippen molar-refractivity contribution >= 4 is 11.7 Å². The van der Waals surface area contributed by atoms with Crippen molar-refractivity contribution in [2.45, 2.75) is 38.8 Å². The Bertz CT molecular complexity index is 1460. The number of pyridine rings is 1. The number of nitrogens with zero attached hydrogens (tertiary/aromatic N) is 4. The molecule has 2 aromatic carbocycles. The fraction of sp³-hybridized carbons (Fsp3) is 0.241. The molecule has 1 aliphatic carbocycles. The molecule has 1 unspecified atom stereocenters. The lowest BCUT2D eigenvalue weighted by Gasteiger charge is -2.32. The molecule has 0 fully saturated rings. The van der Waals surface area contributed by atoms with Crippen LogP contribution in [0.3, 0.4) is 0 Å². The highest BCUT2D eigenvalue weighted by Crippen LogP contribution is 2.42. The van der Waals surface area contributed by atoms with Crippen LogP contribution in [0.4, 0.5) is 5.95 Å². The van der Waals surface area contributed by atoms with Crippen LogP contribution in [-0.4, -0.2) is 32.1 Å². The molecule has 4 aromatic rings. The third-order valence-electron chi connectivity index (χ3n) is 6.63. The number of hydrogen-bond acceptors (Lipinski definition) is 7. The molecule has 1 N–H and O–H groups in total. The Hall–Kier alpha value is -4.46. The molecule has 8 nitrogen and oxygen atoms in total. The number of hydrogen-bond donors (Lipinski definition) is 1. The summed E-state index contributed by atoms with van der Waals surface area (Å²) in [6.45, 7) is 2.87. The van der Waals surface area contributed by atoms with E-state index in [1.807, 2.05) is 72.3 Å². The second-order valence-electron chi connectivity index (χ2n) is 9.05. The molecule has 186 valence electrons. The van der Waals surface area contributed by atoms with Gasteiger partial charge in [0.15, 0.2) is 23.1 Å². The molecule has 1 atom stereocenters. The zero-order chi connectivity index (χ0) is 25.2. The maximum atomic E-state index is 13.2. The summed E-state index contributed by atoms with van der Waals surface area (Å²) in [6, 6.07) is 19.2. The summed E-state index contributed by atoms with van der Waals surface area (Å²) in [7, 11) is 0. The van der Waals surface area contributed by atoms with E-state index in [-0.39, 0.29) is 5.78 Å². The fourth-order valence-corrected chi connectivity index (χ4v) is 4.91. The minimum atomic E-state index is -0.412. The van der Waals surface area contributed by atoms with Gasteiger partial charge in [0.25, 0.3) is 0 Å². The lowest BCUT2D eigenvalue weighted by atomic mass is 9.85. The van der Waals surface area contributed by atoms with Crippen molar-refractivity contribution < 1.29 is 14.3 Å². The van der Waals surface area contributed by atoms with Crippen LogP contribution in [0.5, 0.6) is 11.5 Å². The second kappa shape index (κ2) is 9.89. The van der Waals surface area contributed by atoms with Crippen LogP contribution in [0.2, 0.25) is 0 Å². The van der Waals surface area contributed by atoms with E-state index in [9.17, 15) is 4.79 Å². The summed E-state index contributed by atoms with van der Waals surface area (Å²) in [5.74, 6) is 2.62. The van der Waals surface area contributed by atoms with Gasteiger partial charge in [0, 0.05) is 35.6 Å². The number of allylic oxidation sites excluding steroid dienone is 2. The molecule has 6 rings (SSSR count). The molecule has 8 heteroatoms. The summed E-state index contributed by atoms with van der Waals surface area (Å²) in [5, 5.41) is 8.22. The molecule has 0 radical (unpaired) electrons. The average Bonchev–Trinajstić information content (AvgIpc) is 3.36. The average molecular weight is 494 g/mol. The van der Waals surface area contributed by atoms with Crippen LogP contribution in [0.1, 0.15) is 43.4 Å². The topological polar surface area (TPSA) is 91.2 Å². The van der Waals surface area contributed by atoms with E-state index in [4.69, 9.17) is 19.6 Å². The van der Waals surface area contributed by atoms with E-state index in [0.29, 0.717) is 42.9 Å². The van der Waals surface area contributed by atoms with Crippen molar-refractivity contribution in [3.63, 3.8) is 0 Å². The largest absolute Gasteiger partial charge is 0.490 e. The first-order valence-corrected chi connectivity index (χ1v) is 12.5. The fourth-order valence-electron chi connectivity index (χ4n) is 4.91. The molecule has 2 aliphatic rings. The van der Waals surface area contributed by atoms with Gasteiger partial charge in [0.05, 0.1) is 6.61 Å². The smallest absolute Gasteiger partial charge is 0.226 e. The molecule has 0 bridgehead atoms. The van der Waals surface area contributed by atoms with E-state index in [0.717, 1.165) is 40.8 Å². The highest BCUT2D eigenvalue weighted by Gasteiger charge is 2.37. The number of benzene rings is 2. The highest BCUT2D eigenvalue weighted by molar-refractivity contribution is 5.99. The number of fused-ring (bicyclic) bond motifs is 1. The summed E-state index contributed by atoms with van der Waals surface area (Å²) in [5.41, 5.74) is 4.50. The van der Waals surface area contributed by atoms with E-state index >= 15 is 0 Å². The Kier molecular flexibility index (Phi) is 6.14. The van der Waals surface area contributed by atoms with Gasteiger partial charge < -0.3 is 14.8 Å². The molecule has 0 amide bonds. The third kappa shape index (κ3) is 4.46. The lowest BCUT2D eigenvalue weighted by Crippen LogP contribution is -2.31. The highest BCUT2D eigenvalue weighted by atomic mass is 16.5. The molecule has 2 aromatic heterocycles. The number of rotatable bonds is 7. The van der Waals surface area contributed by atoms with E-state index in [2.05, 4.69) is 10.3 Å². The number of ether oxygens (including phenoxy) is 2. The van der Waals surface area contributed by atoms with E-state index < -0.39 is 6.04 Å². The quantitative estimate of drug-likeness (QED) is 0.372. The maximum absolute atomic E-state index is 13.2. The van der Waals surface area contributed by atoms with Gasteiger partial charge in [0.2, 0.25) is 5.95 Å². The van der Waals surface area contributed by atoms with Crippen LogP contribution < -0.4 is 14.8 Å². The van der Waals surface area contributed by atoms with Gasteiger partial charge in [-0.25, -0.2) is 4.68 Å². The Labute approximate surface area is 215 Å². The maximum Gasteiger partial charge on any atom is 0.226 e. The Balaban J connectivity index is 1.41. The first-order valence-electron chi connectivity index (χ1n) is 12.5. The minimum Gasteiger partial charge on any atom is -0.490 e. The Morgan fingerprint density at radius 3 is 2.65 bits per heavy atom. The van der Waals surface area contributed by atoms with Gasteiger partial charge in [-0.05, 0) is 55.2 Å². The first kappa shape index (κ1) is 23.0. The van der Waals surface area contributed by atoms with Crippen LogP contribution in [0.15, 0.2) is 84.3 Å². The summed E-state index contributed by atoms with van der Waals surface area (Å²) in [6.07, 6.45) is 5.57. The monoisotopic (exact) mass is 493 g/mol. The number of Topliss-reactive ketones (excluding diaryl/α,β-unsaturated/α-hetero) is 1. The van der Waals surface area contributed by atoms with Crippen molar-refractivity contribution in [3.8, 4) is 22.9 Å². The first-order chi connectivity index (χ1) is 18.2. The molecule has 0 saturated heterocycles. The number of anilines is 1. The number of nitrogens with one attached hydrogen (secondary N) is 1. The third-order valence-corrected chi connectivity index (χ3v) is 6.63. The van der Waals surface area contributed by atoms with Crippen molar-refractivity contribution in [3.05, 3.63) is 95.5 Å². The van der Waals surface area contributed by atoms with Crippen LogP contribution in [0.25, 0.3) is 11.4 Å².